The van der Waals surface area contributed by atoms with E-state index in [1.54, 1.807) is 32.1 Å². The number of anilines is 1. The molecule has 1 aliphatic rings. The number of aliphatic hydroxyl groups is 1. The molecule has 2 bridgehead atoms. The van der Waals surface area contributed by atoms with Crippen LogP contribution in [0.25, 0.3) is 0 Å². The minimum atomic E-state index is -0.987. The summed E-state index contributed by atoms with van der Waals surface area (Å²) in [5, 5.41) is 35.2. The molecule has 1 aliphatic heterocycles. The SMILES string of the molecule is CO[C@H]1C=C/C=C(\C)C(=O)Nc2cc(O)c([NH3+])c(c2O)C[C@@H](C)C[C@H](OC)[C@H](O)[C@@H](C)/C=C(\C)[C@@H]1OC(N)=O. The first kappa shape index (κ1) is 31.8. The van der Waals surface area contributed by atoms with E-state index in [2.05, 4.69) is 11.1 Å². The Bertz CT molecular complexity index is 1130. The number of benzene rings is 1. The zero-order valence-corrected chi connectivity index (χ0v) is 23.4. The van der Waals surface area contributed by atoms with Gasteiger partial charge in [-0.15, -0.1) is 0 Å². The predicted octanol–water partition coefficient (Wildman–Crippen LogP) is 2.43. The maximum Gasteiger partial charge on any atom is 0.405 e. The van der Waals surface area contributed by atoms with Gasteiger partial charge in [0, 0.05) is 31.8 Å². The summed E-state index contributed by atoms with van der Waals surface area (Å²) in [7, 11) is 2.95. The van der Waals surface area contributed by atoms with Crippen LogP contribution in [0.2, 0.25) is 0 Å². The molecule has 0 aromatic heterocycles. The van der Waals surface area contributed by atoms with Gasteiger partial charge in [0.25, 0.3) is 5.91 Å². The quantitative estimate of drug-likeness (QED) is 0.189. The normalized spacial score (nSPS) is 30.0. The molecular weight excluding hydrogens is 506 g/mol. The Morgan fingerprint density at radius 3 is 2.44 bits per heavy atom. The fourth-order valence-electron chi connectivity index (χ4n) is 4.67. The van der Waals surface area contributed by atoms with E-state index in [-0.39, 0.29) is 28.8 Å². The molecular formula is C28H42N3O8+. The van der Waals surface area contributed by atoms with Crippen molar-refractivity contribution in [3.8, 4) is 11.5 Å². The molecule has 0 fully saturated rings. The summed E-state index contributed by atoms with van der Waals surface area (Å²) in [5.41, 5.74) is 10.8. The van der Waals surface area contributed by atoms with Crippen LogP contribution in [-0.2, 0) is 25.4 Å². The number of ether oxygens (including phenoxy) is 3. The van der Waals surface area contributed by atoms with Crippen molar-refractivity contribution in [1.82, 2.24) is 0 Å². The lowest BCUT2D eigenvalue weighted by Crippen LogP contribution is -2.42. The van der Waals surface area contributed by atoms with E-state index in [0.29, 0.717) is 29.6 Å². The number of phenols is 2. The third-order valence-electron chi connectivity index (χ3n) is 6.95. The molecule has 39 heavy (non-hydrogen) atoms. The zero-order chi connectivity index (χ0) is 29.4. The van der Waals surface area contributed by atoms with Gasteiger partial charge in [0.05, 0.1) is 23.5 Å². The third-order valence-corrected chi connectivity index (χ3v) is 6.95. The van der Waals surface area contributed by atoms with Crippen molar-refractivity contribution in [2.45, 2.75) is 65.0 Å². The van der Waals surface area contributed by atoms with Crippen LogP contribution in [-0.4, -0.2) is 66.0 Å². The summed E-state index contributed by atoms with van der Waals surface area (Å²) in [6.07, 6.45) is 3.08. The summed E-state index contributed by atoms with van der Waals surface area (Å²) in [5.74, 6) is -1.38. The number of hydrogen-bond acceptors (Lipinski definition) is 8. The van der Waals surface area contributed by atoms with Crippen LogP contribution in [0.1, 0.15) is 39.7 Å². The second kappa shape index (κ2) is 14.1. The van der Waals surface area contributed by atoms with E-state index in [1.165, 1.54) is 26.4 Å². The standard InChI is InChI=1S/C28H41N3O8/c1-14-10-18-23(29)20(32)13-19(25(18)34)31-27(35)15(2)8-7-9-21(37-5)26(39-28(30)36)17(4)12-16(3)24(33)22(11-14)38-6/h7-9,12-14,16,21-22,24,26,32-34H,10-11,29H2,1-6H3,(H2,30,36)(H,31,35)/p+1/b9-7?,15-8+,17-12+/t14-,16+,21+,22+,24-,26+/m1/s1. The van der Waals surface area contributed by atoms with Gasteiger partial charge in [0.2, 0.25) is 0 Å². The number of aliphatic hydroxyl groups excluding tert-OH is 1. The smallest absolute Gasteiger partial charge is 0.405 e. The Morgan fingerprint density at radius 2 is 1.85 bits per heavy atom. The van der Waals surface area contributed by atoms with E-state index in [1.807, 2.05) is 13.8 Å². The molecule has 0 spiro atoms. The first-order chi connectivity index (χ1) is 18.3. The Labute approximate surface area is 229 Å². The maximum absolute atomic E-state index is 12.8. The van der Waals surface area contributed by atoms with Crippen LogP contribution >= 0.6 is 0 Å². The molecule has 1 heterocycles. The Hall–Kier alpha value is -3.38. The summed E-state index contributed by atoms with van der Waals surface area (Å²) < 4.78 is 16.5. The van der Waals surface area contributed by atoms with Crippen molar-refractivity contribution in [2.24, 2.45) is 17.6 Å². The fourth-order valence-corrected chi connectivity index (χ4v) is 4.67. The lowest BCUT2D eigenvalue weighted by molar-refractivity contribution is -0.257. The van der Waals surface area contributed by atoms with E-state index in [9.17, 15) is 24.9 Å². The average Bonchev–Trinajstić information content (AvgIpc) is 2.88. The van der Waals surface area contributed by atoms with Gasteiger partial charge < -0.3 is 46.3 Å². The van der Waals surface area contributed by atoms with Gasteiger partial charge in [0.15, 0.2) is 17.5 Å². The highest BCUT2D eigenvalue weighted by atomic mass is 16.6. The van der Waals surface area contributed by atoms with Crippen molar-refractivity contribution >= 4 is 23.4 Å². The van der Waals surface area contributed by atoms with Crippen molar-refractivity contribution in [3.63, 3.8) is 0 Å². The number of primary amides is 1. The molecule has 9 N–H and O–H groups in total. The van der Waals surface area contributed by atoms with Gasteiger partial charge >= 0.3 is 6.09 Å². The third kappa shape index (κ3) is 8.30. The Balaban J connectivity index is 2.62. The van der Waals surface area contributed by atoms with Crippen LogP contribution in [0.3, 0.4) is 0 Å². The highest BCUT2D eigenvalue weighted by Crippen LogP contribution is 2.40. The highest BCUT2D eigenvalue weighted by Gasteiger charge is 2.30. The number of amides is 2. The maximum atomic E-state index is 12.8. The number of aromatic hydroxyl groups is 2. The number of phenolic OH excluding ortho intramolecular Hbond substituents is 2. The summed E-state index contributed by atoms with van der Waals surface area (Å²) in [6.45, 7) is 7.07. The Kier molecular flexibility index (Phi) is 11.5. The van der Waals surface area contributed by atoms with Crippen LogP contribution in [0.15, 0.2) is 41.5 Å². The first-order valence-electron chi connectivity index (χ1n) is 12.7. The predicted molar refractivity (Wildman–Crippen MR) is 146 cm³/mol. The second-order valence-corrected chi connectivity index (χ2v) is 10.1. The number of methoxy groups -OCH3 is 2. The molecule has 1 aromatic rings. The van der Waals surface area contributed by atoms with Gasteiger partial charge in [0.1, 0.15) is 11.9 Å². The molecule has 6 atom stereocenters. The number of nitrogens with two attached hydrogens (primary N) is 1. The number of carbonyl (C=O) groups excluding carboxylic acids is 2. The lowest BCUT2D eigenvalue weighted by atomic mass is 9.87. The average molecular weight is 549 g/mol. The molecule has 1 aromatic carbocycles. The topological polar surface area (TPSA) is 188 Å². The molecule has 0 radical (unpaired) electrons. The minimum absolute atomic E-state index is 0.0446. The van der Waals surface area contributed by atoms with E-state index in [4.69, 9.17) is 19.9 Å². The first-order valence-corrected chi connectivity index (χ1v) is 12.7. The molecule has 0 saturated heterocycles. The van der Waals surface area contributed by atoms with Crippen LogP contribution in [0, 0.1) is 11.8 Å². The Morgan fingerprint density at radius 1 is 1.18 bits per heavy atom. The number of rotatable bonds is 3. The van der Waals surface area contributed by atoms with Gasteiger partial charge in [-0.05, 0) is 38.2 Å². The highest BCUT2D eigenvalue weighted by molar-refractivity contribution is 6.04. The number of quaternary nitrogens is 1. The number of fused-ring (bicyclic) bond motifs is 2. The molecule has 0 unspecified atom stereocenters. The summed E-state index contributed by atoms with van der Waals surface area (Å²) in [6, 6.07) is 1.25. The molecule has 2 amide bonds. The number of carbonyl (C=O) groups is 2. The molecule has 216 valence electrons. The van der Waals surface area contributed by atoms with E-state index < -0.39 is 42.3 Å². The van der Waals surface area contributed by atoms with E-state index >= 15 is 0 Å². The van der Waals surface area contributed by atoms with Crippen LogP contribution < -0.4 is 16.8 Å². The van der Waals surface area contributed by atoms with Gasteiger partial charge in [-0.1, -0.05) is 38.2 Å². The monoisotopic (exact) mass is 548 g/mol. The zero-order valence-electron chi connectivity index (χ0n) is 23.4. The molecule has 2 rings (SSSR count). The van der Waals surface area contributed by atoms with Crippen LogP contribution in [0.4, 0.5) is 16.2 Å². The molecule has 0 saturated carbocycles. The van der Waals surface area contributed by atoms with Crippen molar-refractivity contribution in [2.75, 3.05) is 19.5 Å². The largest absolute Gasteiger partial charge is 0.505 e. The summed E-state index contributed by atoms with van der Waals surface area (Å²) in [4.78, 5) is 24.5. The fraction of sp³-hybridized carbons (Fsp3) is 0.500. The van der Waals surface area contributed by atoms with E-state index in [0.717, 1.165) is 0 Å². The number of hydrogen-bond donors (Lipinski definition) is 6. The molecule has 0 aliphatic carbocycles. The molecule has 11 nitrogen and oxygen atoms in total. The van der Waals surface area contributed by atoms with Gasteiger partial charge in [-0.3, -0.25) is 4.79 Å². The van der Waals surface area contributed by atoms with Gasteiger partial charge in [-0.25, -0.2) is 4.79 Å². The second-order valence-electron chi connectivity index (χ2n) is 10.1. The number of nitrogens with one attached hydrogen (secondary N) is 1. The molecule has 11 heteroatoms. The summed E-state index contributed by atoms with van der Waals surface area (Å²) >= 11 is 0. The minimum Gasteiger partial charge on any atom is -0.505 e. The lowest BCUT2D eigenvalue weighted by Gasteiger charge is -2.29. The van der Waals surface area contributed by atoms with Gasteiger partial charge in [-0.2, -0.15) is 0 Å². The van der Waals surface area contributed by atoms with Crippen molar-refractivity contribution in [3.05, 3.63) is 47.1 Å². The van der Waals surface area contributed by atoms with Crippen molar-refractivity contribution in [1.29, 1.82) is 0 Å². The number of allylic oxidation sites excluding steroid dienone is 2. The van der Waals surface area contributed by atoms with Crippen molar-refractivity contribution < 1.29 is 44.9 Å². The van der Waals surface area contributed by atoms with Crippen LogP contribution in [0.5, 0.6) is 11.5 Å².